The normalized spacial score (nSPS) is 17.8. The third-order valence-electron chi connectivity index (χ3n) is 3.70. The fraction of sp³-hybridized carbons (Fsp3) is 0.538. The molecule has 0 aliphatic heterocycles. The summed E-state index contributed by atoms with van der Waals surface area (Å²) in [6, 6.07) is 4.55. The Bertz CT molecular complexity index is 595. The molecule has 0 radical (unpaired) electrons. The number of nitrogens with one attached hydrogen (secondary N) is 1. The molecule has 4 N–H and O–H groups in total. The lowest BCUT2D eigenvalue weighted by Crippen LogP contribution is -2.43. The second kappa shape index (κ2) is 5.23. The maximum atomic E-state index is 12.1. The van der Waals surface area contributed by atoms with Gasteiger partial charge in [-0.25, -0.2) is 12.7 Å². The molecule has 20 heavy (non-hydrogen) atoms. The van der Waals surface area contributed by atoms with Crippen molar-refractivity contribution in [3.05, 3.63) is 18.2 Å². The zero-order valence-electron chi connectivity index (χ0n) is 11.8. The van der Waals surface area contributed by atoms with Crippen LogP contribution in [0, 0.1) is 0 Å². The lowest BCUT2D eigenvalue weighted by atomic mass is 9.80. The minimum absolute atomic E-state index is 0.180. The van der Waals surface area contributed by atoms with Crippen molar-refractivity contribution in [2.24, 2.45) is 0 Å². The van der Waals surface area contributed by atoms with Crippen LogP contribution in [0.25, 0.3) is 0 Å². The highest BCUT2D eigenvalue weighted by Crippen LogP contribution is 2.32. The smallest absolute Gasteiger partial charge is 0.242 e. The molecule has 0 unspecified atom stereocenters. The van der Waals surface area contributed by atoms with Crippen LogP contribution in [0.15, 0.2) is 23.1 Å². The first-order valence-corrected chi connectivity index (χ1v) is 7.97. The monoisotopic (exact) mass is 299 g/mol. The Morgan fingerprint density at radius 3 is 2.55 bits per heavy atom. The van der Waals surface area contributed by atoms with Gasteiger partial charge in [0.1, 0.15) is 0 Å². The summed E-state index contributed by atoms with van der Waals surface area (Å²) in [5.74, 6) is 0. The van der Waals surface area contributed by atoms with E-state index >= 15 is 0 Å². The number of aliphatic hydroxyl groups is 1. The molecule has 1 aliphatic rings. The number of sulfonamides is 1. The van der Waals surface area contributed by atoms with Gasteiger partial charge in [-0.05, 0) is 37.5 Å². The number of hydrogen-bond acceptors (Lipinski definition) is 5. The third kappa shape index (κ3) is 2.89. The molecule has 112 valence electrons. The molecule has 0 bridgehead atoms. The zero-order valence-corrected chi connectivity index (χ0v) is 12.6. The van der Waals surface area contributed by atoms with Crippen LogP contribution in [0.4, 0.5) is 11.4 Å². The molecular weight excluding hydrogens is 278 g/mol. The molecule has 2 rings (SSSR count). The molecule has 1 fully saturated rings. The number of nitrogen functional groups attached to an aromatic ring is 1. The van der Waals surface area contributed by atoms with E-state index in [-0.39, 0.29) is 4.90 Å². The fourth-order valence-corrected chi connectivity index (χ4v) is 3.01. The molecule has 6 nitrogen and oxygen atoms in total. The second-order valence-electron chi connectivity index (χ2n) is 5.47. The molecule has 0 atom stereocenters. The lowest BCUT2D eigenvalue weighted by molar-refractivity contribution is -0.0201. The molecule has 0 amide bonds. The van der Waals surface area contributed by atoms with Crippen molar-refractivity contribution >= 4 is 21.4 Å². The van der Waals surface area contributed by atoms with Crippen LogP contribution in [0.1, 0.15) is 19.3 Å². The summed E-state index contributed by atoms with van der Waals surface area (Å²) < 4.78 is 25.3. The summed E-state index contributed by atoms with van der Waals surface area (Å²) in [4.78, 5) is 0.180. The number of nitrogens with two attached hydrogens (primary N) is 1. The molecule has 1 aromatic rings. The average molecular weight is 299 g/mol. The number of nitrogens with zero attached hydrogens (tertiary/aromatic N) is 1. The predicted octanol–water partition coefficient (Wildman–Crippen LogP) is 0.846. The van der Waals surface area contributed by atoms with Gasteiger partial charge in [0.05, 0.1) is 21.9 Å². The van der Waals surface area contributed by atoms with Crippen LogP contribution in [0.5, 0.6) is 0 Å². The van der Waals surface area contributed by atoms with Gasteiger partial charge in [-0.2, -0.15) is 0 Å². The lowest BCUT2D eigenvalue weighted by Gasteiger charge is -2.37. The number of rotatable bonds is 5. The predicted molar refractivity (Wildman–Crippen MR) is 79.0 cm³/mol. The molecule has 0 saturated heterocycles. The summed E-state index contributed by atoms with van der Waals surface area (Å²) in [6.07, 6.45) is 2.54. The molecular formula is C13H21N3O3S. The highest BCUT2D eigenvalue weighted by Gasteiger charge is 2.34. The molecule has 0 aromatic heterocycles. The Morgan fingerprint density at radius 1 is 1.40 bits per heavy atom. The molecule has 1 aliphatic carbocycles. The van der Waals surface area contributed by atoms with E-state index in [0.717, 1.165) is 23.6 Å². The minimum Gasteiger partial charge on any atom is -0.397 e. The molecule has 7 heteroatoms. The zero-order chi connectivity index (χ0) is 15.0. The maximum absolute atomic E-state index is 12.1. The van der Waals surface area contributed by atoms with Crippen LogP contribution in [0.2, 0.25) is 0 Å². The van der Waals surface area contributed by atoms with Crippen molar-refractivity contribution in [2.75, 3.05) is 31.7 Å². The van der Waals surface area contributed by atoms with E-state index in [1.807, 2.05) is 0 Å². The minimum atomic E-state index is -3.49. The molecule has 0 heterocycles. The van der Waals surface area contributed by atoms with Crippen LogP contribution in [-0.2, 0) is 10.0 Å². The van der Waals surface area contributed by atoms with Gasteiger partial charge in [-0.1, -0.05) is 0 Å². The topological polar surface area (TPSA) is 95.7 Å². The van der Waals surface area contributed by atoms with E-state index < -0.39 is 15.6 Å². The Hall–Kier alpha value is -1.31. The van der Waals surface area contributed by atoms with Crippen LogP contribution < -0.4 is 11.1 Å². The molecule has 1 saturated carbocycles. The van der Waals surface area contributed by atoms with Gasteiger partial charge < -0.3 is 16.2 Å². The van der Waals surface area contributed by atoms with E-state index in [2.05, 4.69) is 5.32 Å². The summed E-state index contributed by atoms with van der Waals surface area (Å²) >= 11 is 0. The summed E-state index contributed by atoms with van der Waals surface area (Å²) in [6.45, 7) is 0.378. The number of hydrogen-bond donors (Lipinski definition) is 3. The third-order valence-corrected chi connectivity index (χ3v) is 5.51. The quantitative estimate of drug-likeness (QED) is 0.700. The first-order chi connectivity index (χ1) is 9.24. The van der Waals surface area contributed by atoms with Crippen molar-refractivity contribution in [3.8, 4) is 0 Å². The van der Waals surface area contributed by atoms with Crippen molar-refractivity contribution in [1.29, 1.82) is 0 Å². The highest BCUT2D eigenvalue weighted by molar-refractivity contribution is 7.89. The van der Waals surface area contributed by atoms with Gasteiger partial charge >= 0.3 is 0 Å². The first kappa shape index (κ1) is 15.1. The standard InChI is InChI=1S/C13H21N3O3S/c1-16(2)20(18,19)10-4-5-11(14)12(8-10)15-9-13(17)6-3-7-13/h4-5,8,15,17H,3,6-7,9,14H2,1-2H3. The number of anilines is 2. The van der Waals surface area contributed by atoms with E-state index in [1.54, 1.807) is 6.07 Å². The van der Waals surface area contributed by atoms with Gasteiger partial charge in [0.15, 0.2) is 0 Å². The van der Waals surface area contributed by atoms with Crippen molar-refractivity contribution in [3.63, 3.8) is 0 Å². The fourth-order valence-electron chi connectivity index (χ4n) is 2.08. The Labute approximate surface area is 119 Å². The van der Waals surface area contributed by atoms with Crippen LogP contribution in [-0.4, -0.2) is 44.1 Å². The van der Waals surface area contributed by atoms with E-state index in [9.17, 15) is 13.5 Å². The maximum Gasteiger partial charge on any atom is 0.242 e. The first-order valence-electron chi connectivity index (χ1n) is 6.53. The summed E-state index contributed by atoms with van der Waals surface area (Å²) in [7, 11) is -0.522. The Kier molecular flexibility index (Phi) is 3.95. The average Bonchev–Trinajstić information content (AvgIpc) is 2.35. The van der Waals surface area contributed by atoms with Crippen LogP contribution in [0.3, 0.4) is 0 Å². The van der Waals surface area contributed by atoms with Gasteiger partial charge in [0.25, 0.3) is 0 Å². The largest absolute Gasteiger partial charge is 0.397 e. The van der Waals surface area contributed by atoms with E-state index in [4.69, 9.17) is 5.73 Å². The van der Waals surface area contributed by atoms with E-state index in [1.165, 1.54) is 26.2 Å². The van der Waals surface area contributed by atoms with Gasteiger partial charge in [0, 0.05) is 20.6 Å². The Balaban J connectivity index is 2.21. The summed E-state index contributed by atoms with van der Waals surface area (Å²) in [5, 5.41) is 13.1. The van der Waals surface area contributed by atoms with Crippen LogP contribution >= 0.6 is 0 Å². The van der Waals surface area contributed by atoms with Gasteiger partial charge in [-0.15, -0.1) is 0 Å². The van der Waals surface area contributed by atoms with Gasteiger partial charge in [-0.3, -0.25) is 0 Å². The summed E-state index contributed by atoms with van der Waals surface area (Å²) in [5.41, 5.74) is 6.15. The molecule has 1 aromatic carbocycles. The SMILES string of the molecule is CN(C)S(=O)(=O)c1ccc(N)c(NCC2(O)CCC2)c1. The highest BCUT2D eigenvalue weighted by atomic mass is 32.2. The van der Waals surface area contributed by atoms with E-state index in [0.29, 0.717) is 17.9 Å². The van der Waals surface area contributed by atoms with Crippen molar-refractivity contribution in [2.45, 2.75) is 29.8 Å². The van der Waals surface area contributed by atoms with Crippen molar-refractivity contribution in [1.82, 2.24) is 4.31 Å². The number of benzene rings is 1. The van der Waals surface area contributed by atoms with Gasteiger partial charge in [0.2, 0.25) is 10.0 Å². The second-order valence-corrected chi connectivity index (χ2v) is 7.62. The molecule has 0 spiro atoms. The van der Waals surface area contributed by atoms with Crippen molar-refractivity contribution < 1.29 is 13.5 Å². The Morgan fingerprint density at radius 2 is 2.05 bits per heavy atom.